The van der Waals surface area contributed by atoms with Crippen LogP contribution >= 0.6 is 24.0 Å². The van der Waals surface area contributed by atoms with Gasteiger partial charge in [0.1, 0.15) is 5.75 Å². The van der Waals surface area contributed by atoms with Crippen LogP contribution in [0.2, 0.25) is 0 Å². The molecule has 0 atom stereocenters. The standard InChI is InChI=1S/C14H22N4O.HI/c1-19-13-7-6-12(16-11-13)10-17-14(15)18-8-4-2-3-5-9-18;/h6-7,11H,2-5,8-10H2,1H3,(H2,15,17);1H. The summed E-state index contributed by atoms with van der Waals surface area (Å²) < 4.78 is 5.07. The molecule has 0 saturated carbocycles. The van der Waals surface area contributed by atoms with E-state index in [0.717, 1.165) is 24.5 Å². The fourth-order valence-electron chi connectivity index (χ4n) is 2.19. The van der Waals surface area contributed by atoms with Crippen molar-refractivity contribution in [2.45, 2.75) is 32.2 Å². The Kier molecular flexibility index (Phi) is 7.64. The minimum absolute atomic E-state index is 0. The molecular weight excluding hydrogens is 367 g/mol. The maximum atomic E-state index is 6.05. The number of pyridine rings is 1. The van der Waals surface area contributed by atoms with E-state index >= 15 is 0 Å². The Morgan fingerprint density at radius 2 is 2.00 bits per heavy atom. The first kappa shape index (κ1) is 17.0. The summed E-state index contributed by atoms with van der Waals surface area (Å²) in [5, 5.41) is 0. The number of aromatic nitrogens is 1. The number of hydrogen-bond donors (Lipinski definition) is 1. The van der Waals surface area contributed by atoms with Crippen molar-refractivity contribution in [2.24, 2.45) is 10.7 Å². The van der Waals surface area contributed by atoms with E-state index in [1.54, 1.807) is 13.3 Å². The first-order valence-electron chi connectivity index (χ1n) is 6.83. The zero-order chi connectivity index (χ0) is 13.5. The summed E-state index contributed by atoms with van der Waals surface area (Å²) >= 11 is 0. The molecule has 0 aromatic carbocycles. The molecule has 112 valence electrons. The Morgan fingerprint density at radius 3 is 2.55 bits per heavy atom. The minimum atomic E-state index is 0. The molecule has 1 saturated heterocycles. The predicted octanol–water partition coefficient (Wildman–Crippen LogP) is 2.40. The number of nitrogens with zero attached hydrogens (tertiary/aromatic N) is 3. The lowest BCUT2D eigenvalue weighted by atomic mass is 10.2. The second-order valence-electron chi connectivity index (χ2n) is 4.77. The summed E-state index contributed by atoms with van der Waals surface area (Å²) in [6, 6.07) is 3.80. The molecule has 0 radical (unpaired) electrons. The summed E-state index contributed by atoms with van der Waals surface area (Å²) in [4.78, 5) is 10.9. The van der Waals surface area contributed by atoms with Crippen LogP contribution in [0.1, 0.15) is 31.4 Å². The number of halogens is 1. The topological polar surface area (TPSA) is 63.7 Å². The lowest BCUT2D eigenvalue weighted by Gasteiger charge is -2.20. The van der Waals surface area contributed by atoms with E-state index in [4.69, 9.17) is 10.5 Å². The molecule has 0 unspecified atom stereocenters. The largest absolute Gasteiger partial charge is 0.495 e. The van der Waals surface area contributed by atoms with Gasteiger partial charge >= 0.3 is 0 Å². The number of aliphatic imine (C=N–C) groups is 1. The molecule has 1 aromatic heterocycles. The van der Waals surface area contributed by atoms with Gasteiger partial charge in [0.05, 0.1) is 25.5 Å². The Bertz CT molecular complexity index is 414. The molecule has 2 heterocycles. The Labute approximate surface area is 137 Å². The van der Waals surface area contributed by atoms with Crippen molar-refractivity contribution in [3.8, 4) is 5.75 Å². The van der Waals surface area contributed by atoms with E-state index < -0.39 is 0 Å². The second kappa shape index (κ2) is 8.99. The summed E-state index contributed by atoms with van der Waals surface area (Å²) in [6.07, 6.45) is 6.70. The van der Waals surface area contributed by atoms with Gasteiger partial charge in [-0.15, -0.1) is 24.0 Å². The number of nitrogens with two attached hydrogens (primary N) is 1. The van der Waals surface area contributed by atoms with Crippen molar-refractivity contribution in [3.63, 3.8) is 0 Å². The number of ether oxygens (including phenoxy) is 1. The highest BCUT2D eigenvalue weighted by Gasteiger charge is 2.10. The Balaban J connectivity index is 0.00000200. The Morgan fingerprint density at radius 1 is 1.30 bits per heavy atom. The molecular formula is C14H23IN4O. The molecule has 0 spiro atoms. The maximum absolute atomic E-state index is 6.05. The number of likely N-dealkylation sites (tertiary alicyclic amines) is 1. The molecule has 1 aromatic rings. The van der Waals surface area contributed by atoms with Crippen molar-refractivity contribution in [3.05, 3.63) is 24.0 Å². The first-order chi connectivity index (χ1) is 9.29. The number of rotatable bonds is 3. The lowest BCUT2D eigenvalue weighted by molar-refractivity contribution is 0.412. The van der Waals surface area contributed by atoms with E-state index in [9.17, 15) is 0 Å². The van der Waals surface area contributed by atoms with Gasteiger partial charge < -0.3 is 15.4 Å². The van der Waals surface area contributed by atoms with Crippen LogP contribution in [0, 0.1) is 0 Å². The van der Waals surface area contributed by atoms with Crippen molar-refractivity contribution in [1.82, 2.24) is 9.88 Å². The van der Waals surface area contributed by atoms with E-state index in [0.29, 0.717) is 12.5 Å². The van der Waals surface area contributed by atoms with Gasteiger partial charge in [-0.05, 0) is 25.0 Å². The van der Waals surface area contributed by atoms with Crippen molar-refractivity contribution in [2.75, 3.05) is 20.2 Å². The summed E-state index contributed by atoms with van der Waals surface area (Å²) in [5.74, 6) is 1.40. The van der Waals surface area contributed by atoms with Crippen molar-refractivity contribution >= 4 is 29.9 Å². The molecule has 0 amide bonds. The maximum Gasteiger partial charge on any atom is 0.191 e. The van der Waals surface area contributed by atoms with Crippen LogP contribution in [0.25, 0.3) is 0 Å². The van der Waals surface area contributed by atoms with Gasteiger partial charge in [-0.25, -0.2) is 4.99 Å². The second-order valence-corrected chi connectivity index (χ2v) is 4.77. The third-order valence-electron chi connectivity index (χ3n) is 3.37. The average molecular weight is 390 g/mol. The molecule has 20 heavy (non-hydrogen) atoms. The monoisotopic (exact) mass is 390 g/mol. The van der Waals surface area contributed by atoms with Crippen LogP contribution in [0.3, 0.4) is 0 Å². The SMILES string of the molecule is COc1ccc(CN=C(N)N2CCCCCC2)nc1.I. The van der Waals surface area contributed by atoms with Gasteiger partial charge in [-0.2, -0.15) is 0 Å². The van der Waals surface area contributed by atoms with Gasteiger partial charge in [-0.1, -0.05) is 12.8 Å². The van der Waals surface area contributed by atoms with Crippen LogP contribution in [0.4, 0.5) is 0 Å². The van der Waals surface area contributed by atoms with Crippen LogP contribution < -0.4 is 10.5 Å². The van der Waals surface area contributed by atoms with Gasteiger partial charge in [0.2, 0.25) is 0 Å². The smallest absolute Gasteiger partial charge is 0.191 e. The molecule has 5 nitrogen and oxygen atoms in total. The zero-order valence-corrected chi connectivity index (χ0v) is 14.2. The van der Waals surface area contributed by atoms with Crippen molar-refractivity contribution < 1.29 is 4.74 Å². The van der Waals surface area contributed by atoms with Crippen LogP contribution in [0.15, 0.2) is 23.3 Å². The Hall–Kier alpha value is -1.05. The summed E-state index contributed by atoms with van der Waals surface area (Å²) in [6.45, 7) is 2.56. The third-order valence-corrected chi connectivity index (χ3v) is 3.37. The van der Waals surface area contributed by atoms with Gasteiger partial charge in [0.25, 0.3) is 0 Å². The average Bonchev–Trinajstić information content (AvgIpc) is 2.74. The van der Waals surface area contributed by atoms with Gasteiger partial charge in [-0.3, -0.25) is 4.98 Å². The molecule has 1 aliphatic heterocycles. The quantitative estimate of drug-likeness (QED) is 0.489. The highest BCUT2D eigenvalue weighted by atomic mass is 127. The molecule has 2 rings (SSSR count). The molecule has 1 fully saturated rings. The molecule has 0 bridgehead atoms. The predicted molar refractivity (Wildman–Crippen MR) is 91.6 cm³/mol. The lowest BCUT2D eigenvalue weighted by Crippen LogP contribution is -2.38. The number of hydrogen-bond acceptors (Lipinski definition) is 3. The normalized spacial score (nSPS) is 16.2. The molecule has 2 N–H and O–H groups in total. The summed E-state index contributed by atoms with van der Waals surface area (Å²) in [7, 11) is 1.63. The molecule has 1 aliphatic rings. The molecule has 6 heteroatoms. The number of methoxy groups -OCH3 is 1. The zero-order valence-electron chi connectivity index (χ0n) is 11.9. The number of guanidine groups is 1. The minimum Gasteiger partial charge on any atom is -0.495 e. The van der Waals surface area contributed by atoms with E-state index in [1.165, 1.54) is 25.7 Å². The fraction of sp³-hybridized carbons (Fsp3) is 0.571. The van der Waals surface area contributed by atoms with E-state index in [-0.39, 0.29) is 24.0 Å². The molecule has 0 aliphatic carbocycles. The van der Waals surface area contributed by atoms with Gasteiger partial charge in [0, 0.05) is 13.1 Å². The van der Waals surface area contributed by atoms with Crippen LogP contribution in [-0.4, -0.2) is 36.0 Å². The third kappa shape index (κ3) is 5.15. The van der Waals surface area contributed by atoms with Crippen molar-refractivity contribution in [1.29, 1.82) is 0 Å². The van der Waals surface area contributed by atoms with E-state index in [1.807, 2.05) is 12.1 Å². The highest BCUT2D eigenvalue weighted by molar-refractivity contribution is 14.0. The van der Waals surface area contributed by atoms with Gasteiger partial charge in [0.15, 0.2) is 5.96 Å². The van der Waals surface area contributed by atoms with Crippen LogP contribution in [-0.2, 0) is 6.54 Å². The fourth-order valence-corrected chi connectivity index (χ4v) is 2.19. The first-order valence-corrected chi connectivity index (χ1v) is 6.83. The summed E-state index contributed by atoms with van der Waals surface area (Å²) in [5.41, 5.74) is 6.95. The van der Waals surface area contributed by atoms with E-state index in [2.05, 4.69) is 14.9 Å². The van der Waals surface area contributed by atoms with Crippen LogP contribution in [0.5, 0.6) is 5.75 Å². The highest BCUT2D eigenvalue weighted by Crippen LogP contribution is 2.10.